The lowest BCUT2D eigenvalue weighted by atomic mass is 9.59. The van der Waals surface area contributed by atoms with Crippen molar-refractivity contribution in [1.82, 2.24) is 4.90 Å². The average molecular weight is 437 g/mol. The zero-order chi connectivity index (χ0) is 22.2. The molecule has 1 heterocycles. The third-order valence-electron chi connectivity index (χ3n) is 7.13. The first-order valence-corrected chi connectivity index (χ1v) is 10.6. The number of alkyl halides is 2. The first kappa shape index (κ1) is 22.0. The van der Waals surface area contributed by atoms with E-state index < -0.39 is 17.6 Å². The molecule has 2 spiro atoms. The van der Waals surface area contributed by atoms with Gasteiger partial charge in [0.2, 0.25) is 0 Å². The van der Waals surface area contributed by atoms with Crippen molar-refractivity contribution in [2.24, 2.45) is 16.1 Å². The summed E-state index contributed by atoms with van der Waals surface area (Å²) in [6, 6.07) is 4.87. The predicted octanol–water partition coefficient (Wildman–Crippen LogP) is 2.46. The molecular formula is C22H29F2N3O4. The second kappa shape index (κ2) is 8.35. The van der Waals surface area contributed by atoms with E-state index in [2.05, 4.69) is 4.74 Å². The Labute approximate surface area is 180 Å². The van der Waals surface area contributed by atoms with Gasteiger partial charge in [-0.3, -0.25) is 4.79 Å². The molecule has 31 heavy (non-hydrogen) atoms. The van der Waals surface area contributed by atoms with E-state index >= 15 is 0 Å². The Bertz CT molecular complexity index is 870. The van der Waals surface area contributed by atoms with E-state index in [0.29, 0.717) is 25.1 Å². The molecule has 3 aliphatic rings. The number of benzene rings is 1. The van der Waals surface area contributed by atoms with Crippen molar-refractivity contribution in [2.45, 2.75) is 50.4 Å². The van der Waals surface area contributed by atoms with Gasteiger partial charge in [0.05, 0.1) is 19.3 Å². The number of halogens is 2. The molecule has 1 aromatic carbocycles. The molecule has 7 nitrogen and oxygen atoms in total. The first-order chi connectivity index (χ1) is 14.8. The summed E-state index contributed by atoms with van der Waals surface area (Å²) in [4.78, 5) is 20.4. The van der Waals surface area contributed by atoms with Crippen LogP contribution in [0.4, 0.5) is 8.78 Å². The highest BCUT2D eigenvalue weighted by Crippen LogP contribution is 2.61. The monoisotopic (exact) mass is 437 g/mol. The molecule has 1 atom stereocenters. The number of nitrogens with two attached hydrogens (primary N) is 1. The van der Waals surface area contributed by atoms with Gasteiger partial charge < -0.3 is 24.8 Å². The standard InChI is InChI=1S/C22H29F2N3O4/c1-29-10-9-27-13-18(28)22(26-20(27)25)17-11-16(31-19(23)24)4-3-14(17)12-21(22)7-5-15(30-2)6-8-21/h3-4,11,15,19H,5-10,12-13H2,1-2H3,(H2,25,26)/t15-,21-,22?. The lowest BCUT2D eigenvalue weighted by Crippen LogP contribution is -2.59. The van der Waals surface area contributed by atoms with Gasteiger partial charge in [-0.05, 0) is 55.4 Å². The summed E-state index contributed by atoms with van der Waals surface area (Å²) >= 11 is 0. The number of methoxy groups -OCH3 is 2. The van der Waals surface area contributed by atoms with Gasteiger partial charge in [-0.25, -0.2) is 4.99 Å². The molecule has 0 radical (unpaired) electrons. The number of carbonyl (C=O) groups excluding carboxylic acids is 1. The minimum absolute atomic E-state index is 0.0270. The maximum absolute atomic E-state index is 13.8. The van der Waals surface area contributed by atoms with Crippen molar-refractivity contribution < 1.29 is 27.8 Å². The molecule has 2 N–H and O–H groups in total. The molecule has 1 unspecified atom stereocenters. The van der Waals surface area contributed by atoms with E-state index in [9.17, 15) is 13.6 Å². The fraction of sp³-hybridized carbons (Fsp3) is 0.636. The Kier molecular flexibility index (Phi) is 5.91. The van der Waals surface area contributed by atoms with Crippen LogP contribution in [0.5, 0.6) is 5.75 Å². The summed E-state index contributed by atoms with van der Waals surface area (Å²) < 4.78 is 41.1. The van der Waals surface area contributed by atoms with Crippen molar-refractivity contribution in [2.75, 3.05) is 33.9 Å². The van der Waals surface area contributed by atoms with E-state index in [4.69, 9.17) is 20.2 Å². The lowest BCUT2D eigenvalue weighted by Gasteiger charge is -2.49. The Morgan fingerprint density at radius 3 is 2.68 bits per heavy atom. The van der Waals surface area contributed by atoms with Crippen LogP contribution in [0.1, 0.15) is 36.8 Å². The molecule has 1 aromatic rings. The maximum atomic E-state index is 13.8. The average Bonchev–Trinajstić information content (AvgIpc) is 2.99. The van der Waals surface area contributed by atoms with Gasteiger partial charge in [-0.15, -0.1) is 0 Å². The van der Waals surface area contributed by atoms with Gasteiger partial charge in [-0.2, -0.15) is 8.78 Å². The minimum Gasteiger partial charge on any atom is -0.435 e. The van der Waals surface area contributed by atoms with Gasteiger partial charge >= 0.3 is 6.61 Å². The van der Waals surface area contributed by atoms with Crippen LogP contribution in [0.2, 0.25) is 0 Å². The highest BCUT2D eigenvalue weighted by Gasteiger charge is 2.64. The number of guanidine groups is 1. The van der Waals surface area contributed by atoms with Crippen molar-refractivity contribution in [3.63, 3.8) is 0 Å². The van der Waals surface area contributed by atoms with Crippen LogP contribution in [0.3, 0.4) is 0 Å². The molecule has 170 valence electrons. The van der Waals surface area contributed by atoms with Crippen molar-refractivity contribution in [3.05, 3.63) is 29.3 Å². The zero-order valence-corrected chi connectivity index (χ0v) is 17.9. The number of aliphatic imine (C=N–C) groups is 1. The fourth-order valence-electron chi connectivity index (χ4n) is 5.61. The van der Waals surface area contributed by atoms with Crippen LogP contribution in [0.15, 0.2) is 23.2 Å². The molecular weight excluding hydrogens is 408 g/mol. The molecule has 1 saturated carbocycles. The largest absolute Gasteiger partial charge is 0.435 e. The van der Waals surface area contributed by atoms with Gasteiger partial charge in [0.25, 0.3) is 0 Å². The number of Topliss-reactive ketones (excluding diaryl/α,β-unsaturated/α-hetero) is 1. The topological polar surface area (TPSA) is 86.4 Å². The highest BCUT2D eigenvalue weighted by molar-refractivity contribution is 6.01. The number of carbonyl (C=O) groups is 1. The Morgan fingerprint density at radius 1 is 1.29 bits per heavy atom. The summed E-state index contributed by atoms with van der Waals surface area (Å²) in [5, 5.41) is 0. The third kappa shape index (κ3) is 3.57. The maximum Gasteiger partial charge on any atom is 0.387 e. The van der Waals surface area contributed by atoms with Gasteiger partial charge in [0.15, 0.2) is 17.3 Å². The third-order valence-corrected chi connectivity index (χ3v) is 7.13. The van der Waals surface area contributed by atoms with E-state index in [1.54, 1.807) is 31.3 Å². The number of ether oxygens (including phenoxy) is 3. The van der Waals surface area contributed by atoms with E-state index in [0.717, 1.165) is 31.2 Å². The molecule has 1 fully saturated rings. The summed E-state index contributed by atoms with van der Waals surface area (Å²) in [5.41, 5.74) is 6.27. The molecule has 0 aromatic heterocycles. The molecule has 1 aliphatic heterocycles. The number of fused-ring (bicyclic) bond motifs is 3. The normalized spacial score (nSPS) is 30.2. The van der Waals surface area contributed by atoms with Crippen LogP contribution in [0.25, 0.3) is 0 Å². The molecule has 2 aliphatic carbocycles. The number of rotatable bonds is 6. The van der Waals surface area contributed by atoms with Crippen LogP contribution in [0, 0.1) is 5.41 Å². The minimum atomic E-state index is -2.94. The first-order valence-electron chi connectivity index (χ1n) is 10.6. The summed E-state index contributed by atoms with van der Waals surface area (Å²) in [5.74, 6) is 0.235. The SMILES string of the molecule is COCCN1CC(=O)C2(N=C1N)c1cc(OC(F)F)ccc1C[C@]21CC[C@@H](OC)CC1. The van der Waals surface area contributed by atoms with E-state index in [1.807, 2.05) is 0 Å². The van der Waals surface area contributed by atoms with Crippen molar-refractivity contribution in [3.8, 4) is 5.75 Å². The Morgan fingerprint density at radius 2 is 2.03 bits per heavy atom. The number of hydrogen-bond acceptors (Lipinski definition) is 7. The number of hydrogen-bond donors (Lipinski definition) is 1. The van der Waals surface area contributed by atoms with Gasteiger partial charge in [0, 0.05) is 26.2 Å². The van der Waals surface area contributed by atoms with Crippen LogP contribution < -0.4 is 10.5 Å². The second-order valence-electron chi connectivity index (χ2n) is 8.61. The summed E-state index contributed by atoms with van der Waals surface area (Å²) in [6.07, 6.45) is 3.89. The van der Waals surface area contributed by atoms with Crippen LogP contribution >= 0.6 is 0 Å². The van der Waals surface area contributed by atoms with Gasteiger partial charge in [0.1, 0.15) is 5.75 Å². The Hall–Kier alpha value is -2.26. The lowest BCUT2D eigenvalue weighted by molar-refractivity contribution is -0.133. The van der Waals surface area contributed by atoms with E-state index in [1.165, 1.54) is 6.07 Å². The highest BCUT2D eigenvalue weighted by atomic mass is 19.3. The summed E-state index contributed by atoms with van der Waals surface area (Å²) in [7, 11) is 3.28. The predicted molar refractivity (Wildman–Crippen MR) is 110 cm³/mol. The number of ketones is 1. The van der Waals surface area contributed by atoms with Gasteiger partial charge in [-0.1, -0.05) is 6.07 Å². The quantitative estimate of drug-likeness (QED) is 0.736. The van der Waals surface area contributed by atoms with Crippen molar-refractivity contribution in [1.29, 1.82) is 0 Å². The molecule has 0 amide bonds. The van der Waals surface area contributed by atoms with E-state index in [-0.39, 0.29) is 30.1 Å². The smallest absolute Gasteiger partial charge is 0.387 e. The molecule has 0 bridgehead atoms. The molecule has 4 rings (SSSR count). The van der Waals surface area contributed by atoms with Crippen LogP contribution in [-0.2, 0) is 26.2 Å². The molecule has 0 saturated heterocycles. The Balaban J connectivity index is 1.81. The van der Waals surface area contributed by atoms with Crippen LogP contribution in [-0.4, -0.2) is 63.3 Å². The number of nitrogens with zero attached hydrogens (tertiary/aromatic N) is 2. The summed E-state index contributed by atoms with van der Waals surface area (Å²) in [6.45, 7) is -1.97. The zero-order valence-electron chi connectivity index (χ0n) is 17.9. The molecule has 9 heteroatoms. The fourth-order valence-corrected chi connectivity index (χ4v) is 5.61. The van der Waals surface area contributed by atoms with Crippen molar-refractivity contribution >= 4 is 11.7 Å². The second-order valence-corrected chi connectivity index (χ2v) is 8.61.